The molecule has 8 heteroatoms. The second-order valence-corrected chi connectivity index (χ2v) is 8.99. The maximum Gasteiger partial charge on any atom is 0.228 e. The molecule has 0 spiro atoms. The van der Waals surface area contributed by atoms with Gasteiger partial charge in [0, 0.05) is 38.1 Å². The van der Waals surface area contributed by atoms with E-state index in [4.69, 9.17) is 5.41 Å². The van der Waals surface area contributed by atoms with Crippen LogP contribution in [-0.2, 0) is 17.8 Å². The van der Waals surface area contributed by atoms with Crippen molar-refractivity contribution in [2.24, 2.45) is 5.92 Å². The fourth-order valence-corrected chi connectivity index (χ4v) is 4.82. The van der Waals surface area contributed by atoms with E-state index in [0.717, 1.165) is 37.3 Å². The number of hydrogen-bond acceptors (Lipinski definition) is 5. The molecule has 0 atom stereocenters. The van der Waals surface area contributed by atoms with Crippen molar-refractivity contribution in [3.8, 4) is 0 Å². The lowest BCUT2D eigenvalue weighted by Crippen LogP contribution is -2.50. The molecule has 2 aliphatic heterocycles. The van der Waals surface area contributed by atoms with Crippen LogP contribution in [0.5, 0.6) is 0 Å². The molecule has 2 aliphatic rings. The number of anilines is 1. The molecule has 3 aromatic heterocycles. The number of aromatic nitrogens is 3. The van der Waals surface area contributed by atoms with Gasteiger partial charge in [-0.2, -0.15) is 5.10 Å². The van der Waals surface area contributed by atoms with Gasteiger partial charge in [-0.1, -0.05) is 6.07 Å². The quantitative estimate of drug-likeness (QED) is 0.648. The van der Waals surface area contributed by atoms with E-state index in [1.807, 2.05) is 28.0 Å². The number of fused-ring (bicyclic) bond motifs is 1. The molecule has 166 valence electrons. The monoisotopic (exact) mass is 431 g/mol. The third-order valence-corrected chi connectivity index (χ3v) is 6.52. The van der Waals surface area contributed by atoms with Gasteiger partial charge < -0.3 is 4.90 Å². The van der Waals surface area contributed by atoms with E-state index in [1.165, 1.54) is 29.5 Å². The minimum Gasteiger partial charge on any atom is -0.309 e. The molecule has 2 fully saturated rings. The number of carbonyl (C=O) groups is 1. The van der Waals surface area contributed by atoms with Crippen LogP contribution < -0.4 is 10.2 Å². The first-order valence-electron chi connectivity index (χ1n) is 11.3. The summed E-state index contributed by atoms with van der Waals surface area (Å²) in [6, 6.07) is 6.57. The van der Waals surface area contributed by atoms with Crippen LogP contribution in [0.15, 0.2) is 43.0 Å². The third-order valence-electron chi connectivity index (χ3n) is 6.52. The SMILES string of the molecule is Cc1cncc(CN2CCC(Cc3ccn4ncc(N5CCC(=O)NC5=N)c4c3)CC2)c1. The van der Waals surface area contributed by atoms with Crippen LogP contribution in [0.1, 0.15) is 36.0 Å². The van der Waals surface area contributed by atoms with Gasteiger partial charge in [-0.05, 0) is 74.0 Å². The lowest BCUT2D eigenvalue weighted by Gasteiger charge is -2.32. The van der Waals surface area contributed by atoms with Crippen LogP contribution >= 0.6 is 0 Å². The first-order chi connectivity index (χ1) is 15.5. The van der Waals surface area contributed by atoms with Crippen molar-refractivity contribution in [1.82, 2.24) is 24.8 Å². The molecule has 8 nitrogen and oxygen atoms in total. The molecule has 0 radical (unpaired) electrons. The number of aryl methyl sites for hydroxylation is 1. The molecule has 0 unspecified atom stereocenters. The van der Waals surface area contributed by atoms with Gasteiger partial charge in [0.2, 0.25) is 11.9 Å². The lowest BCUT2D eigenvalue weighted by molar-refractivity contribution is -0.119. The van der Waals surface area contributed by atoms with Crippen LogP contribution in [0.2, 0.25) is 0 Å². The minimum absolute atomic E-state index is 0.103. The Morgan fingerprint density at radius 3 is 2.75 bits per heavy atom. The molecule has 0 aliphatic carbocycles. The summed E-state index contributed by atoms with van der Waals surface area (Å²) in [4.78, 5) is 20.2. The molecule has 5 rings (SSSR count). The second-order valence-electron chi connectivity index (χ2n) is 8.99. The van der Waals surface area contributed by atoms with E-state index >= 15 is 0 Å². The van der Waals surface area contributed by atoms with Crippen molar-refractivity contribution in [3.05, 3.63) is 59.7 Å². The average Bonchev–Trinajstić information content (AvgIpc) is 3.18. The largest absolute Gasteiger partial charge is 0.309 e. The maximum absolute atomic E-state index is 11.6. The molecule has 0 saturated carbocycles. The van der Waals surface area contributed by atoms with Crippen LogP contribution in [0.4, 0.5) is 5.69 Å². The van der Waals surface area contributed by atoms with Crippen molar-refractivity contribution in [2.45, 2.75) is 39.2 Å². The molecule has 2 N–H and O–H groups in total. The smallest absolute Gasteiger partial charge is 0.228 e. The fraction of sp³-hybridized carbons (Fsp3) is 0.417. The Hall–Kier alpha value is -3.26. The van der Waals surface area contributed by atoms with Crippen molar-refractivity contribution in [1.29, 1.82) is 5.41 Å². The molecule has 3 aromatic rings. The van der Waals surface area contributed by atoms with E-state index in [2.05, 4.69) is 45.4 Å². The minimum atomic E-state index is -0.103. The number of hydrogen-bond donors (Lipinski definition) is 2. The van der Waals surface area contributed by atoms with E-state index in [-0.39, 0.29) is 11.9 Å². The van der Waals surface area contributed by atoms with Gasteiger partial charge in [0.1, 0.15) is 0 Å². The summed E-state index contributed by atoms with van der Waals surface area (Å²) in [5.41, 5.74) is 5.66. The highest BCUT2D eigenvalue weighted by molar-refractivity contribution is 6.08. The number of amides is 1. The predicted molar refractivity (Wildman–Crippen MR) is 124 cm³/mol. The first kappa shape index (κ1) is 20.6. The van der Waals surface area contributed by atoms with Crippen LogP contribution in [0.25, 0.3) is 5.52 Å². The Kier molecular flexibility index (Phi) is 5.61. The van der Waals surface area contributed by atoms with Gasteiger partial charge in [-0.3, -0.25) is 25.4 Å². The van der Waals surface area contributed by atoms with Gasteiger partial charge in [0.05, 0.1) is 17.4 Å². The van der Waals surface area contributed by atoms with E-state index in [1.54, 1.807) is 6.20 Å². The highest BCUT2D eigenvalue weighted by Gasteiger charge is 2.24. The zero-order valence-electron chi connectivity index (χ0n) is 18.4. The van der Waals surface area contributed by atoms with Crippen molar-refractivity contribution >= 4 is 23.1 Å². The zero-order valence-corrected chi connectivity index (χ0v) is 18.4. The number of piperidine rings is 1. The maximum atomic E-state index is 11.6. The van der Waals surface area contributed by atoms with E-state index in [9.17, 15) is 4.79 Å². The number of pyridine rings is 2. The summed E-state index contributed by atoms with van der Waals surface area (Å²) in [6.07, 6.45) is 11.5. The van der Waals surface area contributed by atoms with Gasteiger partial charge in [-0.25, -0.2) is 4.52 Å². The number of guanidine groups is 1. The highest BCUT2D eigenvalue weighted by atomic mass is 16.2. The summed E-state index contributed by atoms with van der Waals surface area (Å²) >= 11 is 0. The number of nitrogens with zero attached hydrogens (tertiary/aromatic N) is 5. The van der Waals surface area contributed by atoms with Gasteiger partial charge >= 0.3 is 0 Å². The molecular weight excluding hydrogens is 402 g/mol. The third kappa shape index (κ3) is 4.36. The summed E-state index contributed by atoms with van der Waals surface area (Å²) < 4.78 is 1.85. The molecule has 0 aromatic carbocycles. The Morgan fingerprint density at radius 2 is 1.97 bits per heavy atom. The van der Waals surface area contributed by atoms with Crippen molar-refractivity contribution < 1.29 is 4.79 Å². The van der Waals surface area contributed by atoms with Gasteiger partial charge in [-0.15, -0.1) is 0 Å². The Bertz CT molecular complexity index is 1150. The summed E-state index contributed by atoms with van der Waals surface area (Å²) in [7, 11) is 0. The average molecular weight is 432 g/mol. The zero-order chi connectivity index (χ0) is 22.1. The van der Waals surface area contributed by atoms with Crippen LogP contribution in [-0.4, -0.2) is 51.0 Å². The Morgan fingerprint density at radius 1 is 1.12 bits per heavy atom. The van der Waals surface area contributed by atoms with Gasteiger partial charge in [0.15, 0.2) is 0 Å². The molecule has 1 amide bonds. The van der Waals surface area contributed by atoms with E-state index < -0.39 is 0 Å². The molecular formula is C24H29N7O. The summed E-state index contributed by atoms with van der Waals surface area (Å²) in [6.45, 7) is 5.80. The topological polar surface area (TPSA) is 89.6 Å². The van der Waals surface area contributed by atoms with E-state index in [0.29, 0.717) is 18.9 Å². The highest BCUT2D eigenvalue weighted by Crippen LogP contribution is 2.27. The van der Waals surface area contributed by atoms with Crippen molar-refractivity contribution in [3.63, 3.8) is 0 Å². The Balaban J connectivity index is 1.23. The lowest BCUT2D eigenvalue weighted by atomic mass is 9.90. The molecule has 2 saturated heterocycles. The number of likely N-dealkylation sites (tertiary alicyclic amines) is 1. The predicted octanol–water partition coefficient (Wildman–Crippen LogP) is 2.75. The number of carbonyl (C=O) groups excluding carboxylic acids is 1. The van der Waals surface area contributed by atoms with Crippen LogP contribution in [0.3, 0.4) is 0 Å². The molecule has 0 bridgehead atoms. The normalized spacial score (nSPS) is 18.3. The Labute approximate surface area is 187 Å². The van der Waals surface area contributed by atoms with Crippen LogP contribution in [0, 0.1) is 18.3 Å². The standard InChI is InChI=1S/C24H29N7O/c1-17-10-20(14-26-13-17)16-29-6-2-18(3-7-29)11-19-4-9-31-21(12-19)22(15-27-31)30-8-5-23(32)28-24(30)25/h4,9-10,12-15,18H,2-3,5-8,11,16H2,1H3,(H2,25,28,32). The number of rotatable bonds is 5. The summed E-state index contributed by atoms with van der Waals surface area (Å²) in [5, 5.41) is 15.2. The number of nitrogens with one attached hydrogen (secondary N) is 2. The second kappa shape index (κ2) is 8.70. The van der Waals surface area contributed by atoms with Gasteiger partial charge in [0.25, 0.3) is 0 Å². The fourth-order valence-electron chi connectivity index (χ4n) is 4.82. The summed E-state index contributed by atoms with van der Waals surface area (Å²) in [5.74, 6) is 0.689. The van der Waals surface area contributed by atoms with Crippen molar-refractivity contribution in [2.75, 3.05) is 24.5 Å². The molecule has 32 heavy (non-hydrogen) atoms. The first-order valence-corrected chi connectivity index (χ1v) is 11.3. The molecule has 5 heterocycles.